The Labute approximate surface area is 341 Å². The normalized spacial score (nSPS) is 14.3. The Morgan fingerprint density at radius 3 is 1.29 bits per heavy atom. The van der Waals surface area contributed by atoms with E-state index >= 15 is 0 Å². The third kappa shape index (κ3) is 5.47. The fourth-order valence-corrected chi connectivity index (χ4v) is 13.0. The van der Waals surface area contributed by atoms with Crippen molar-refractivity contribution in [1.29, 1.82) is 0 Å². The topological polar surface area (TPSA) is 12.5 Å². The average Bonchev–Trinajstić information content (AvgIpc) is 3.30. The second kappa shape index (κ2) is 14.1. The molecule has 1 unspecified atom stereocenters. The molecule has 0 aromatic heterocycles. The molecule has 9 aromatic carbocycles. The summed E-state index contributed by atoms with van der Waals surface area (Å²) in [4.78, 5) is 2.42. The van der Waals surface area contributed by atoms with E-state index in [1.54, 1.807) is 0 Å². The van der Waals surface area contributed by atoms with Crippen LogP contribution in [0.3, 0.4) is 0 Å². The van der Waals surface area contributed by atoms with Gasteiger partial charge in [0.05, 0.1) is 5.41 Å². The molecule has 0 N–H and O–H groups in total. The van der Waals surface area contributed by atoms with Crippen LogP contribution in [0.2, 0.25) is 0 Å². The molecule has 0 fully saturated rings. The molecule has 1 spiro atoms. The smallest absolute Gasteiger partial charge is 0.133 e. The third-order valence-electron chi connectivity index (χ3n) is 12.1. The lowest BCUT2D eigenvalue weighted by atomic mass is 9.63. The van der Waals surface area contributed by atoms with Crippen LogP contribution in [-0.2, 0) is 5.41 Å². The first kappa shape index (κ1) is 34.1. The van der Waals surface area contributed by atoms with Gasteiger partial charge in [0.1, 0.15) is 20.3 Å². The van der Waals surface area contributed by atoms with Crippen LogP contribution in [0.5, 0.6) is 11.5 Å². The van der Waals surface area contributed by atoms with E-state index in [1.165, 1.54) is 60.1 Å². The molecule has 0 radical (unpaired) electrons. The van der Waals surface area contributed by atoms with E-state index in [0.717, 1.165) is 28.6 Å². The number of para-hydroxylation sites is 2. The Hall–Kier alpha value is -7.20. The summed E-state index contributed by atoms with van der Waals surface area (Å²) in [5.74, 6) is 1.80. The molecule has 2 nitrogen and oxygen atoms in total. The number of fused-ring (bicyclic) bond motifs is 8. The average molecular weight is 758 g/mol. The van der Waals surface area contributed by atoms with Gasteiger partial charge < -0.3 is 9.64 Å². The van der Waals surface area contributed by atoms with E-state index in [0.29, 0.717) is 0 Å². The molecular weight excluding hydrogens is 719 g/mol. The van der Waals surface area contributed by atoms with Gasteiger partial charge in [-0.2, -0.15) is 0 Å². The van der Waals surface area contributed by atoms with Crippen molar-refractivity contribution in [2.24, 2.45) is 0 Å². The first-order valence-corrected chi connectivity index (χ1v) is 21.8. The molecule has 0 saturated heterocycles. The standard InChI is InChI=1S/C55H39NOSi/c1-4-16-39(17-5-1)41-28-32-43(33-29-41)56(44-34-30-42(31-35-44)40-18-6-2-7-19-40)45-36-37-54-50(38-45)55(47-22-10-13-25-51(47)57-52-26-14-11-23-48(52)55)49-24-12-15-27-53(49)58(54)46-20-8-3-9-21-46/h1-38,58H. The zero-order chi connectivity index (χ0) is 38.5. The number of hydrogen-bond donors (Lipinski definition) is 0. The SMILES string of the molecule is c1ccc(-c2ccc(N(c3ccc(-c4ccccc4)cc3)c3ccc4c(c3)C3(c5ccccc5Oc5ccccc53)c3ccccc3[SiH]4c3ccccc3)cc2)cc1. The van der Waals surface area contributed by atoms with Crippen molar-refractivity contribution in [1.82, 2.24) is 0 Å². The van der Waals surface area contributed by atoms with Gasteiger partial charge in [-0.05, 0) is 92.3 Å². The molecule has 2 aliphatic heterocycles. The van der Waals surface area contributed by atoms with Crippen LogP contribution in [-0.4, -0.2) is 8.80 Å². The molecule has 3 heteroatoms. The van der Waals surface area contributed by atoms with Crippen molar-refractivity contribution in [3.8, 4) is 33.8 Å². The van der Waals surface area contributed by atoms with Gasteiger partial charge in [0.25, 0.3) is 0 Å². The summed E-state index contributed by atoms with van der Waals surface area (Å²) < 4.78 is 6.76. The maximum Gasteiger partial charge on any atom is 0.133 e. The Balaban J connectivity index is 1.18. The summed E-state index contributed by atoms with van der Waals surface area (Å²) in [6.45, 7) is 0. The number of rotatable bonds is 6. The first-order valence-electron chi connectivity index (χ1n) is 20.0. The molecule has 1 atom stereocenters. The molecule has 58 heavy (non-hydrogen) atoms. The zero-order valence-corrected chi connectivity index (χ0v) is 33.0. The molecular formula is C55H39NOSi. The van der Waals surface area contributed by atoms with Crippen LogP contribution in [0.15, 0.2) is 231 Å². The summed E-state index contributed by atoms with van der Waals surface area (Å²) in [7, 11) is -1.95. The van der Waals surface area contributed by atoms with Crippen molar-refractivity contribution >= 4 is 41.4 Å². The minimum absolute atomic E-state index is 0.605. The van der Waals surface area contributed by atoms with Crippen LogP contribution in [0, 0.1) is 0 Å². The fraction of sp³-hybridized carbons (Fsp3) is 0.0182. The van der Waals surface area contributed by atoms with Gasteiger partial charge in [-0.3, -0.25) is 0 Å². The van der Waals surface area contributed by atoms with Gasteiger partial charge in [0.15, 0.2) is 0 Å². The van der Waals surface area contributed by atoms with E-state index in [-0.39, 0.29) is 0 Å². The highest BCUT2D eigenvalue weighted by atomic mass is 28.3. The van der Waals surface area contributed by atoms with Gasteiger partial charge in [-0.1, -0.05) is 187 Å². The lowest BCUT2D eigenvalue weighted by Crippen LogP contribution is -2.62. The van der Waals surface area contributed by atoms with Crippen molar-refractivity contribution in [3.63, 3.8) is 0 Å². The Bertz CT molecular complexity index is 2780. The van der Waals surface area contributed by atoms with Crippen LogP contribution in [0.4, 0.5) is 17.1 Å². The van der Waals surface area contributed by atoms with Gasteiger partial charge >= 0.3 is 0 Å². The van der Waals surface area contributed by atoms with Crippen LogP contribution in [0.1, 0.15) is 22.3 Å². The minimum Gasteiger partial charge on any atom is -0.457 e. The van der Waals surface area contributed by atoms with E-state index in [2.05, 4.69) is 235 Å². The number of benzene rings is 9. The largest absolute Gasteiger partial charge is 0.457 e. The van der Waals surface area contributed by atoms with Gasteiger partial charge in [-0.25, -0.2) is 0 Å². The summed E-state index contributed by atoms with van der Waals surface area (Å²) in [6, 6.07) is 84.4. The lowest BCUT2D eigenvalue weighted by Gasteiger charge is -2.47. The Morgan fingerprint density at radius 2 is 0.741 bits per heavy atom. The fourth-order valence-electron chi connectivity index (χ4n) is 9.56. The van der Waals surface area contributed by atoms with Crippen molar-refractivity contribution in [3.05, 3.63) is 253 Å². The lowest BCUT2D eigenvalue weighted by molar-refractivity contribution is 0.435. The van der Waals surface area contributed by atoms with Gasteiger partial charge in [-0.15, -0.1) is 0 Å². The highest BCUT2D eigenvalue weighted by Gasteiger charge is 2.51. The highest BCUT2D eigenvalue weighted by Crippen LogP contribution is 2.56. The highest BCUT2D eigenvalue weighted by molar-refractivity contribution is 6.96. The van der Waals surface area contributed by atoms with E-state index in [4.69, 9.17) is 4.74 Å². The maximum absolute atomic E-state index is 6.76. The van der Waals surface area contributed by atoms with Crippen LogP contribution >= 0.6 is 0 Å². The summed E-state index contributed by atoms with van der Waals surface area (Å²) in [5.41, 5.74) is 12.5. The maximum atomic E-state index is 6.76. The number of ether oxygens (including phenoxy) is 1. The third-order valence-corrected chi connectivity index (χ3v) is 15.4. The quantitative estimate of drug-likeness (QED) is 0.157. The van der Waals surface area contributed by atoms with Gasteiger partial charge in [0.2, 0.25) is 0 Å². The first-order chi connectivity index (χ1) is 28.8. The van der Waals surface area contributed by atoms with E-state index in [1.807, 2.05) is 0 Å². The summed E-state index contributed by atoms with van der Waals surface area (Å²) >= 11 is 0. The van der Waals surface area contributed by atoms with E-state index in [9.17, 15) is 0 Å². The second-order valence-corrected chi connectivity index (χ2v) is 18.0. The molecule has 0 bridgehead atoms. The number of nitrogens with zero attached hydrogens (tertiary/aromatic N) is 1. The van der Waals surface area contributed by atoms with Gasteiger partial charge in [0, 0.05) is 28.2 Å². The number of hydrogen-bond acceptors (Lipinski definition) is 2. The molecule has 0 saturated carbocycles. The second-order valence-electron chi connectivity index (χ2n) is 15.2. The van der Waals surface area contributed by atoms with Crippen molar-refractivity contribution < 1.29 is 4.74 Å². The predicted molar refractivity (Wildman–Crippen MR) is 243 cm³/mol. The number of anilines is 3. The van der Waals surface area contributed by atoms with Crippen molar-refractivity contribution in [2.75, 3.05) is 4.90 Å². The predicted octanol–water partition coefficient (Wildman–Crippen LogP) is 11.5. The molecule has 0 amide bonds. The minimum atomic E-state index is -1.95. The molecule has 2 aliphatic rings. The molecule has 0 aliphatic carbocycles. The Morgan fingerprint density at radius 1 is 0.328 bits per heavy atom. The van der Waals surface area contributed by atoms with E-state index < -0.39 is 14.2 Å². The summed E-state index contributed by atoms with van der Waals surface area (Å²) in [6.07, 6.45) is 0. The molecule has 9 aromatic rings. The zero-order valence-electron chi connectivity index (χ0n) is 31.9. The molecule has 11 rings (SSSR count). The Kier molecular flexibility index (Phi) is 8.27. The van der Waals surface area contributed by atoms with Crippen LogP contribution in [0.25, 0.3) is 22.3 Å². The summed E-state index contributed by atoms with van der Waals surface area (Å²) in [5, 5.41) is 4.29. The molecule has 2 heterocycles. The monoisotopic (exact) mass is 757 g/mol. The molecule has 274 valence electrons. The van der Waals surface area contributed by atoms with Crippen LogP contribution < -0.4 is 25.2 Å². The van der Waals surface area contributed by atoms with Crippen molar-refractivity contribution in [2.45, 2.75) is 5.41 Å².